The third-order valence-corrected chi connectivity index (χ3v) is 3.38. The molecule has 2 radical (unpaired) electrons. The first kappa shape index (κ1) is 40.6. The van der Waals surface area contributed by atoms with Gasteiger partial charge in [-0.3, -0.25) is 0 Å². The number of thiocarbonyl (C=S) groups is 1. The molecule has 2 aromatic heterocycles. The zero-order valence-corrected chi connectivity index (χ0v) is 28.4. The summed E-state index contributed by atoms with van der Waals surface area (Å²) in [5.74, 6) is 1.10. The number of ether oxygens (including phenoxy) is 2. The van der Waals surface area contributed by atoms with Crippen LogP contribution in [-0.4, -0.2) is 47.2 Å². The zero-order chi connectivity index (χ0) is 24.8. The van der Waals surface area contributed by atoms with Crippen LogP contribution in [0.4, 0.5) is 0 Å². The van der Waals surface area contributed by atoms with Crippen LogP contribution in [-0.2, 0) is 70.2 Å². The first-order chi connectivity index (χ1) is 15.4. The Morgan fingerprint density at radius 3 is 1.53 bits per heavy atom. The van der Waals surface area contributed by atoms with Crippen molar-refractivity contribution in [3.63, 3.8) is 0 Å². The summed E-state index contributed by atoms with van der Waals surface area (Å²) in [4.78, 5) is 19.3. The van der Waals surface area contributed by atoms with Crippen molar-refractivity contribution in [2.24, 2.45) is 0 Å². The molecule has 2 heterocycles. The van der Waals surface area contributed by atoms with Crippen molar-refractivity contribution in [2.45, 2.75) is 55.4 Å². The van der Waals surface area contributed by atoms with Crippen molar-refractivity contribution >= 4 is 23.1 Å². The Labute approximate surface area is 262 Å². The predicted octanol–water partition coefficient (Wildman–Crippen LogP) is 6.23. The van der Waals surface area contributed by atoms with E-state index in [1.165, 1.54) is 6.92 Å². The van der Waals surface area contributed by atoms with Crippen LogP contribution in [0.1, 0.15) is 52.7 Å². The second-order valence-corrected chi connectivity index (χ2v) is 6.34. The van der Waals surface area contributed by atoms with Crippen LogP contribution in [0.5, 0.6) is 11.8 Å². The molecule has 0 atom stereocenters. The van der Waals surface area contributed by atoms with Gasteiger partial charge in [-0.25, -0.2) is 9.97 Å². The van der Waals surface area contributed by atoms with Gasteiger partial charge in [0, 0.05) is 94.8 Å². The minimum Gasteiger partial charge on any atom is -0.676 e. The minimum absolute atomic E-state index is 0. The van der Waals surface area contributed by atoms with Crippen LogP contribution in [0.2, 0.25) is 0 Å². The first-order valence-corrected chi connectivity index (χ1v) is 11.3. The molecule has 0 saturated carbocycles. The normalized spacial score (nSPS) is 8.24. The van der Waals surface area contributed by atoms with Crippen LogP contribution >= 0.6 is 12.2 Å². The predicted molar refractivity (Wildman–Crippen MR) is 137 cm³/mol. The third kappa shape index (κ3) is 23.2. The van der Waals surface area contributed by atoms with Crippen molar-refractivity contribution in [1.82, 2.24) is 9.97 Å². The molecular weight excluding hydrogens is 602 g/mol. The van der Waals surface area contributed by atoms with E-state index in [-0.39, 0.29) is 71.3 Å². The van der Waals surface area contributed by atoms with Crippen molar-refractivity contribution in [1.29, 1.82) is 0 Å². The van der Waals surface area contributed by atoms with Crippen molar-refractivity contribution in [3.05, 3.63) is 58.4 Å². The monoisotopic (exact) mass is 640 g/mol. The van der Waals surface area contributed by atoms with Gasteiger partial charge in [-0.05, 0) is 32.9 Å². The molecule has 0 aliphatic rings. The molecule has 34 heavy (non-hydrogen) atoms. The molecule has 0 N–H and O–H groups in total. The van der Waals surface area contributed by atoms with Crippen molar-refractivity contribution < 1.29 is 79.7 Å². The van der Waals surface area contributed by atoms with Crippen LogP contribution < -0.4 is 9.47 Å². The maximum absolute atomic E-state index is 10.5. The summed E-state index contributed by atoms with van der Waals surface area (Å²) < 4.78 is 10.8. The molecule has 2 aromatic rings. The fourth-order valence-electron chi connectivity index (χ4n) is 1.94. The van der Waals surface area contributed by atoms with Gasteiger partial charge in [-0.1, -0.05) is 64.8 Å². The Balaban J connectivity index is -0.000000219. The summed E-state index contributed by atoms with van der Waals surface area (Å²) in [6.45, 7) is 17.0. The molecule has 0 bridgehead atoms. The first-order valence-electron chi connectivity index (χ1n) is 10.8. The van der Waals surface area contributed by atoms with Gasteiger partial charge >= 0.3 is 0 Å². The molecule has 186 valence electrons. The van der Waals surface area contributed by atoms with E-state index >= 15 is 0 Å². The average Bonchev–Trinajstić information content (AvgIpc) is 2.79. The number of pyridine rings is 2. The van der Waals surface area contributed by atoms with E-state index in [0.29, 0.717) is 43.1 Å². The van der Waals surface area contributed by atoms with E-state index < -0.39 is 0 Å². The summed E-state index contributed by atoms with van der Waals surface area (Å²) in [6.07, 6.45) is 3.38. The molecule has 0 spiro atoms. The van der Waals surface area contributed by atoms with E-state index in [2.05, 4.69) is 20.6 Å². The van der Waals surface area contributed by atoms with E-state index in [0.717, 1.165) is 11.1 Å². The molecule has 0 fully saturated rings. The molecule has 10 heteroatoms. The van der Waals surface area contributed by atoms with E-state index in [1.807, 2.05) is 65.8 Å². The SMILES string of the molecule is CC.CC.CC(=O)[N-]CCOc1ncccc1C.CC(=S)[N-]CCOc1ncccc1C.[Y].[Y]. The number of nitrogens with zero attached hydrogens (tertiary/aromatic N) is 4. The summed E-state index contributed by atoms with van der Waals surface area (Å²) in [5.41, 5.74) is 2.02. The number of hydrogen-bond acceptors (Lipinski definition) is 6. The maximum atomic E-state index is 10.5. The fraction of sp³-hybridized carbons (Fsp3) is 0.500. The quantitative estimate of drug-likeness (QED) is 0.251. The average molecular weight is 640 g/mol. The smallest absolute Gasteiger partial charge is 0.216 e. The Morgan fingerprint density at radius 2 is 1.21 bits per heavy atom. The largest absolute Gasteiger partial charge is 0.676 e. The van der Waals surface area contributed by atoms with Gasteiger partial charge in [0.15, 0.2) is 0 Å². The Hall–Kier alpha value is -0.532. The molecule has 2 rings (SSSR count). The van der Waals surface area contributed by atoms with E-state index in [1.54, 1.807) is 19.3 Å². The number of hydrogen-bond donors (Lipinski definition) is 0. The number of amides is 1. The Morgan fingerprint density at radius 1 is 0.824 bits per heavy atom. The van der Waals surface area contributed by atoms with Crippen LogP contribution in [0.15, 0.2) is 36.7 Å². The summed E-state index contributed by atoms with van der Waals surface area (Å²) in [5, 5.41) is 7.73. The van der Waals surface area contributed by atoms with Crippen molar-refractivity contribution in [3.8, 4) is 11.8 Å². The molecule has 1 amide bonds. The van der Waals surface area contributed by atoms with Crippen LogP contribution in [0.3, 0.4) is 0 Å². The number of carbonyl (C=O) groups excluding carboxylic acids is 1. The van der Waals surface area contributed by atoms with Gasteiger partial charge in [0.25, 0.3) is 0 Å². The third-order valence-electron chi connectivity index (χ3n) is 3.25. The second kappa shape index (κ2) is 28.7. The van der Waals surface area contributed by atoms with Gasteiger partial charge < -0.3 is 24.9 Å². The van der Waals surface area contributed by atoms with Crippen molar-refractivity contribution in [2.75, 3.05) is 26.3 Å². The number of aryl methyl sites for hydroxylation is 2. The summed E-state index contributed by atoms with van der Waals surface area (Å²) in [7, 11) is 0. The summed E-state index contributed by atoms with van der Waals surface area (Å²) >= 11 is 4.81. The topological polar surface area (TPSA) is 89.5 Å². The molecule has 0 aromatic carbocycles. The number of rotatable bonds is 8. The second-order valence-electron chi connectivity index (χ2n) is 5.75. The molecule has 7 nitrogen and oxygen atoms in total. The molecule has 0 aliphatic carbocycles. The molecular formula is C24H38N4O3SY2-2. The molecule has 0 saturated heterocycles. The van der Waals surface area contributed by atoms with Crippen LogP contribution in [0, 0.1) is 13.8 Å². The Kier molecular flexibility index (Phi) is 34.3. The minimum atomic E-state index is -0.175. The molecule has 0 unspecified atom stereocenters. The fourth-order valence-corrected chi connectivity index (χ4v) is 2.03. The van der Waals surface area contributed by atoms with Gasteiger partial charge in [-0.2, -0.15) is 0 Å². The standard InChI is InChI=1S/C10H14N2O2.C10H14N2OS.2C2H6.2Y/c1-8-4-3-5-12-10(8)14-7-6-11-9(2)13;1-8-4-3-5-12-10(8)13-7-6-11-9(2)14;2*1-2;;/h3-5H,6-7H2,1-2H3,(H,11,13);3-5H,6-7H2,1-2H3,(H,11,14);2*1-2H3;;/p-2. The van der Waals surface area contributed by atoms with Crippen LogP contribution in [0.25, 0.3) is 10.6 Å². The Bertz CT molecular complexity index is 705. The van der Waals surface area contributed by atoms with Gasteiger partial charge in [0.2, 0.25) is 11.8 Å². The van der Waals surface area contributed by atoms with E-state index in [4.69, 9.17) is 21.7 Å². The summed E-state index contributed by atoms with van der Waals surface area (Å²) in [6, 6.07) is 7.62. The number of carbonyl (C=O) groups is 1. The van der Waals surface area contributed by atoms with Gasteiger partial charge in [0.1, 0.15) is 0 Å². The maximum Gasteiger partial charge on any atom is 0.216 e. The zero-order valence-electron chi connectivity index (χ0n) is 21.9. The van der Waals surface area contributed by atoms with E-state index in [9.17, 15) is 4.79 Å². The van der Waals surface area contributed by atoms with Gasteiger partial charge in [-0.15, -0.1) is 12.2 Å². The molecule has 0 aliphatic heterocycles. The number of aromatic nitrogens is 2. The van der Waals surface area contributed by atoms with Gasteiger partial charge in [0.05, 0.1) is 13.2 Å².